The van der Waals surface area contributed by atoms with Crippen LogP contribution in [0.15, 0.2) is 65.6 Å². The van der Waals surface area contributed by atoms with Crippen LogP contribution in [0.3, 0.4) is 0 Å². The summed E-state index contributed by atoms with van der Waals surface area (Å²) in [5.74, 6) is 0.578. The topological polar surface area (TPSA) is 68.7 Å². The Morgan fingerprint density at radius 1 is 1.10 bits per heavy atom. The van der Waals surface area contributed by atoms with Crippen molar-refractivity contribution in [2.24, 2.45) is 0 Å². The molecule has 11 heteroatoms. The molecule has 0 saturated carbocycles. The molecule has 1 heterocycles. The van der Waals surface area contributed by atoms with Gasteiger partial charge >= 0.3 is 12.1 Å². The first kappa shape index (κ1) is 28.8. The number of thioether (sulfide) groups is 1. The van der Waals surface area contributed by atoms with Crippen LogP contribution in [0.4, 0.5) is 13.2 Å². The maximum absolute atomic E-state index is 13.0. The molecule has 0 radical (unpaired) electrons. The fraction of sp³-hybridized carbons (Fsp3) is 0.214. The van der Waals surface area contributed by atoms with Crippen molar-refractivity contribution in [3.63, 3.8) is 0 Å². The predicted molar refractivity (Wildman–Crippen MR) is 147 cm³/mol. The van der Waals surface area contributed by atoms with Crippen LogP contribution in [-0.2, 0) is 23.1 Å². The average molecular weight is 594 g/mol. The van der Waals surface area contributed by atoms with Crippen molar-refractivity contribution in [3.05, 3.63) is 92.9 Å². The molecule has 0 aliphatic carbocycles. The van der Waals surface area contributed by atoms with E-state index in [1.54, 1.807) is 13.2 Å². The predicted octanol–water partition coefficient (Wildman–Crippen LogP) is 8.15. The number of hydrogen-bond acceptors (Lipinski definition) is 6. The molecule has 3 aromatic carbocycles. The number of aryl methyl sites for hydroxylation is 1. The van der Waals surface area contributed by atoms with E-state index in [1.807, 2.05) is 37.3 Å². The van der Waals surface area contributed by atoms with E-state index in [-0.39, 0.29) is 0 Å². The highest BCUT2D eigenvalue weighted by molar-refractivity contribution is 7.98. The van der Waals surface area contributed by atoms with Gasteiger partial charge in [0.15, 0.2) is 6.61 Å². The minimum absolute atomic E-state index is 0.398. The van der Waals surface area contributed by atoms with Crippen LogP contribution in [0.2, 0.25) is 5.02 Å². The van der Waals surface area contributed by atoms with Gasteiger partial charge in [-0.15, -0.1) is 23.1 Å². The molecule has 0 fully saturated rings. The minimum Gasteiger partial charge on any atom is -0.497 e. The Kier molecular flexibility index (Phi) is 9.09. The molecule has 4 rings (SSSR count). The van der Waals surface area contributed by atoms with E-state index in [9.17, 15) is 18.0 Å². The van der Waals surface area contributed by atoms with Crippen molar-refractivity contribution >= 4 is 40.7 Å². The van der Waals surface area contributed by atoms with Gasteiger partial charge in [-0.1, -0.05) is 35.9 Å². The Hall–Kier alpha value is -3.21. The first-order chi connectivity index (χ1) is 18.5. The van der Waals surface area contributed by atoms with Gasteiger partial charge in [-0.05, 0) is 48.4 Å². The molecule has 1 aromatic heterocycles. The number of alkyl halides is 3. The van der Waals surface area contributed by atoms with E-state index in [0.29, 0.717) is 33.5 Å². The molecule has 39 heavy (non-hydrogen) atoms. The molecule has 5 nitrogen and oxygen atoms in total. The number of methoxy groups -OCH3 is 1. The fourth-order valence-electron chi connectivity index (χ4n) is 3.68. The van der Waals surface area contributed by atoms with Gasteiger partial charge in [-0.3, -0.25) is 0 Å². The molecule has 4 aromatic rings. The number of aliphatic carboxylic acids is 1. The molecule has 0 atom stereocenters. The largest absolute Gasteiger partial charge is 0.497 e. The van der Waals surface area contributed by atoms with Crippen molar-refractivity contribution in [2.45, 2.75) is 30.2 Å². The number of ether oxygens (including phenoxy) is 2. The first-order valence-electron chi connectivity index (χ1n) is 11.6. The molecule has 0 unspecified atom stereocenters. The standard InChI is InChI=1S/C28H23ClF3NO4S2/c1-16-11-24(21(29)13-23(16)37-14-26(34)35)38-15-25-22(12-17-3-9-20(36-2)10-4-17)33-27(39-25)18-5-7-19(8-6-18)28(30,31)32/h3-11,13H,12,14-15H2,1-2H3,(H,34,35). The van der Waals surface area contributed by atoms with Gasteiger partial charge in [0.1, 0.15) is 16.5 Å². The summed E-state index contributed by atoms with van der Waals surface area (Å²) in [7, 11) is 1.60. The lowest BCUT2D eigenvalue weighted by Gasteiger charge is -2.11. The van der Waals surface area contributed by atoms with Gasteiger partial charge in [0.2, 0.25) is 0 Å². The number of carboxylic acid groups (broad SMARTS) is 1. The number of halogens is 4. The molecule has 0 bridgehead atoms. The highest BCUT2D eigenvalue weighted by Crippen LogP contribution is 2.39. The third kappa shape index (κ3) is 7.46. The summed E-state index contributed by atoms with van der Waals surface area (Å²) < 4.78 is 49.7. The van der Waals surface area contributed by atoms with Gasteiger partial charge in [-0.25, -0.2) is 9.78 Å². The highest BCUT2D eigenvalue weighted by Gasteiger charge is 2.30. The average Bonchev–Trinajstić information content (AvgIpc) is 3.30. The number of rotatable bonds is 10. The second kappa shape index (κ2) is 12.3. The Morgan fingerprint density at radius 2 is 1.79 bits per heavy atom. The van der Waals surface area contributed by atoms with Gasteiger partial charge in [0, 0.05) is 33.6 Å². The van der Waals surface area contributed by atoms with E-state index in [2.05, 4.69) is 0 Å². The van der Waals surface area contributed by atoms with Crippen LogP contribution in [-0.4, -0.2) is 29.8 Å². The number of aromatic nitrogens is 1. The maximum atomic E-state index is 13.0. The zero-order chi connectivity index (χ0) is 28.2. The van der Waals surface area contributed by atoms with Crippen molar-refractivity contribution < 1.29 is 32.5 Å². The third-order valence-corrected chi connectivity index (χ3v) is 8.54. The number of nitrogens with zero attached hydrogens (tertiary/aromatic N) is 1. The second-order valence-corrected chi connectivity index (χ2v) is 11.0. The summed E-state index contributed by atoms with van der Waals surface area (Å²) in [6, 6.07) is 16.1. The van der Waals surface area contributed by atoms with Crippen molar-refractivity contribution in [2.75, 3.05) is 13.7 Å². The summed E-state index contributed by atoms with van der Waals surface area (Å²) in [5, 5.41) is 9.92. The van der Waals surface area contributed by atoms with Crippen LogP contribution >= 0.6 is 34.7 Å². The van der Waals surface area contributed by atoms with Crippen LogP contribution in [0.1, 0.15) is 27.3 Å². The van der Waals surface area contributed by atoms with E-state index >= 15 is 0 Å². The van der Waals surface area contributed by atoms with Gasteiger partial charge in [0.05, 0.1) is 23.4 Å². The van der Waals surface area contributed by atoms with E-state index in [0.717, 1.165) is 44.5 Å². The molecule has 1 N–H and O–H groups in total. The molecule has 0 aliphatic rings. The fourth-order valence-corrected chi connectivity index (χ4v) is 6.20. The summed E-state index contributed by atoms with van der Waals surface area (Å²) in [5.41, 5.74) is 2.48. The SMILES string of the molecule is COc1ccc(Cc2nc(-c3ccc(C(F)(F)F)cc3)sc2CSc2cc(C)c(OCC(=O)O)cc2Cl)cc1. The van der Waals surface area contributed by atoms with Gasteiger partial charge < -0.3 is 14.6 Å². The van der Waals surface area contributed by atoms with Gasteiger partial charge in [0.25, 0.3) is 0 Å². The second-order valence-electron chi connectivity index (χ2n) is 8.51. The lowest BCUT2D eigenvalue weighted by Crippen LogP contribution is -2.10. The molecular formula is C28H23ClF3NO4S2. The Morgan fingerprint density at radius 3 is 2.41 bits per heavy atom. The Bertz CT molecular complexity index is 1460. The van der Waals surface area contributed by atoms with Gasteiger partial charge in [-0.2, -0.15) is 13.2 Å². The molecule has 0 spiro atoms. The normalized spacial score (nSPS) is 11.4. The smallest absolute Gasteiger partial charge is 0.416 e. The zero-order valence-corrected chi connectivity index (χ0v) is 23.2. The van der Waals surface area contributed by atoms with Crippen LogP contribution in [0.25, 0.3) is 10.6 Å². The van der Waals surface area contributed by atoms with Crippen LogP contribution in [0.5, 0.6) is 11.5 Å². The Labute approximate surface area is 236 Å². The Balaban J connectivity index is 1.61. The monoisotopic (exact) mass is 593 g/mol. The zero-order valence-electron chi connectivity index (χ0n) is 20.8. The van der Waals surface area contributed by atoms with E-state index in [4.69, 9.17) is 31.2 Å². The van der Waals surface area contributed by atoms with Crippen molar-refractivity contribution in [1.29, 1.82) is 0 Å². The number of carbonyl (C=O) groups is 1. The summed E-state index contributed by atoms with van der Waals surface area (Å²) in [6.07, 6.45) is -3.87. The lowest BCUT2D eigenvalue weighted by molar-refractivity contribution is -0.139. The number of hydrogen-bond donors (Lipinski definition) is 1. The summed E-state index contributed by atoms with van der Waals surface area (Å²) >= 11 is 9.39. The quantitative estimate of drug-likeness (QED) is 0.187. The highest BCUT2D eigenvalue weighted by atomic mass is 35.5. The number of carboxylic acids is 1. The summed E-state index contributed by atoms with van der Waals surface area (Å²) in [4.78, 5) is 17.4. The van der Waals surface area contributed by atoms with Crippen LogP contribution in [0, 0.1) is 6.92 Å². The van der Waals surface area contributed by atoms with E-state index in [1.165, 1.54) is 35.2 Å². The third-order valence-electron chi connectivity index (χ3n) is 5.71. The molecule has 0 saturated heterocycles. The number of thiazole rings is 1. The lowest BCUT2D eigenvalue weighted by atomic mass is 10.1. The van der Waals surface area contributed by atoms with Crippen molar-refractivity contribution in [1.82, 2.24) is 4.98 Å². The molecule has 0 aliphatic heterocycles. The van der Waals surface area contributed by atoms with E-state index < -0.39 is 24.3 Å². The molecule has 204 valence electrons. The van der Waals surface area contributed by atoms with Crippen LogP contribution < -0.4 is 9.47 Å². The minimum atomic E-state index is -4.41. The maximum Gasteiger partial charge on any atom is 0.416 e. The van der Waals surface area contributed by atoms with Crippen molar-refractivity contribution in [3.8, 4) is 22.1 Å². The first-order valence-corrected chi connectivity index (χ1v) is 13.8. The molecular weight excluding hydrogens is 571 g/mol. The number of benzene rings is 3. The molecule has 0 amide bonds. The summed E-state index contributed by atoms with van der Waals surface area (Å²) in [6.45, 7) is 1.34.